The van der Waals surface area contributed by atoms with E-state index in [0.29, 0.717) is 29.5 Å². The fourth-order valence-corrected chi connectivity index (χ4v) is 2.33. The predicted octanol–water partition coefficient (Wildman–Crippen LogP) is 4.05. The van der Waals surface area contributed by atoms with Gasteiger partial charge in [-0.2, -0.15) is 0 Å². The summed E-state index contributed by atoms with van der Waals surface area (Å²) in [5, 5.41) is 9.72. The van der Waals surface area contributed by atoms with Crippen LogP contribution < -0.4 is 9.47 Å². The Morgan fingerprint density at radius 2 is 1.80 bits per heavy atom. The SMILES string of the molecule is OCc1cccc(Cl)c1OCCOc1cccc(Br)c1. The van der Waals surface area contributed by atoms with Crippen LogP contribution in [0.5, 0.6) is 11.5 Å². The van der Waals surface area contributed by atoms with Crippen molar-refractivity contribution in [2.24, 2.45) is 0 Å². The van der Waals surface area contributed by atoms with E-state index < -0.39 is 0 Å². The zero-order valence-corrected chi connectivity index (χ0v) is 13.0. The maximum Gasteiger partial charge on any atom is 0.143 e. The molecule has 20 heavy (non-hydrogen) atoms. The minimum Gasteiger partial charge on any atom is -0.490 e. The first kappa shape index (κ1) is 15.2. The van der Waals surface area contributed by atoms with Crippen LogP contribution in [-0.2, 0) is 6.61 Å². The van der Waals surface area contributed by atoms with Gasteiger partial charge in [-0.3, -0.25) is 0 Å². The lowest BCUT2D eigenvalue weighted by Crippen LogP contribution is -2.10. The highest BCUT2D eigenvalue weighted by molar-refractivity contribution is 9.10. The highest BCUT2D eigenvalue weighted by atomic mass is 79.9. The van der Waals surface area contributed by atoms with Crippen molar-refractivity contribution >= 4 is 27.5 Å². The topological polar surface area (TPSA) is 38.7 Å². The molecular weight excluding hydrogens is 344 g/mol. The van der Waals surface area contributed by atoms with Gasteiger partial charge in [0.05, 0.1) is 11.6 Å². The maximum atomic E-state index is 9.23. The molecule has 106 valence electrons. The summed E-state index contributed by atoms with van der Waals surface area (Å²) in [4.78, 5) is 0. The van der Waals surface area contributed by atoms with E-state index in [4.69, 9.17) is 21.1 Å². The third-order valence-corrected chi connectivity index (χ3v) is 3.40. The minimum absolute atomic E-state index is 0.109. The average molecular weight is 358 g/mol. The van der Waals surface area contributed by atoms with Crippen molar-refractivity contribution in [3.05, 3.63) is 57.5 Å². The van der Waals surface area contributed by atoms with Gasteiger partial charge < -0.3 is 14.6 Å². The Morgan fingerprint density at radius 1 is 1.05 bits per heavy atom. The van der Waals surface area contributed by atoms with E-state index in [1.807, 2.05) is 24.3 Å². The average Bonchev–Trinajstić information content (AvgIpc) is 2.45. The van der Waals surface area contributed by atoms with Gasteiger partial charge in [0, 0.05) is 10.0 Å². The quantitative estimate of drug-likeness (QED) is 0.793. The zero-order chi connectivity index (χ0) is 14.4. The van der Waals surface area contributed by atoms with Crippen LogP contribution in [0.3, 0.4) is 0 Å². The summed E-state index contributed by atoms with van der Waals surface area (Å²) in [5.41, 5.74) is 0.667. The zero-order valence-electron chi connectivity index (χ0n) is 10.7. The van der Waals surface area contributed by atoms with Gasteiger partial charge in [-0.25, -0.2) is 0 Å². The monoisotopic (exact) mass is 356 g/mol. The minimum atomic E-state index is -0.109. The first-order valence-corrected chi connectivity index (χ1v) is 7.27. The summed E-state index contributed by atoms with van der Waals surface area (Å²) in [5.74, 6) is 1.28. The molecule has 2 aromatic rings. The van der Waals surface area contributed by atoms with Crippen molar-refractivity contribution in [1.82, 2.24) is 0 Å². The number of benzene rings is 2. The van der Waals surface area contributed by atoms with Crippen LogP contribution in [-0.4, -0.2) is 18.3 Å². The van der Waals surface area contributed by atoms with Gasteiger partial charge in [0.15, 0.2) is 0 Å². The Kier molecular flexibility index (Phi) is 5.71. The predicted molar refractivity (Wildman–Crippen MR) is 82.5 cm³/mol. The lowest BCUT2D eigenvalue weighted by atomic mass is 10.2. The van der Waals surface area contributed by atoms with Crippen molar-refractivity contribution in [2.45, 2.75) is 6.61 Å². The Labute approximate surface area is 131 Å². The van der Waals surface area contributed by atoms with E-state index in [0.717, 1.165) is 10.2 Å². The summed E-state index contributed by atoms with van der Waals surface area (Å²) in [6.45, 7) is 0.637. The highest BCUT2D eigenvalue weighted by Gasteiger charge is 2.07. The number of aliphatic hydroxyl groups excluding tert-OH is 1. The Balaban J connectivity index is 1.87. The molecule has 2 rings (SSSR count). The molecule has 0 aliphatic carbocycles. The molecule has 2 aromatic carbocycles. The summed E-state index contributed by atoms with van der Waals surface area (Å²) >= 11 is 9.42. The molecule has 0 heterocycles. The van der Waals surface area contributed by atoms with E-state index in [-0.39, 0.29) is 6.61 Å². The molecule has 0 spiro atoms. The lowest BCUT2D eigenvalue weighted by Gasteiger charge is -2.12. The largest absolute Gasteiger partial charge is 0.490 e. The lowest BCUT2D eigenvalue weighted by molar-refractivity contribution is 0.210. The third-order valence-electron chi connectivity index (χ3n) is 2.61. The summed E-state index contributed by atoms with van der Waals surface area (Å²) in [6, 6.07) is 12.9. The molecule has 0 radical (unpaired) electrons. The molecular formula is C15H14BrClO3. The highest BCUT2D eigenvalue weighted by Crippen LogP contribution is 2.28. The van der Waals surface area contributed by atoms with Gasteiger partial charge in [-0.05, 0) is 24.3 Å². The second-order valence-corrected chi connectivity index (χ2v) is 5.36. The van der Waals surface area contributed by atoms with E-state index in [2.05, 4.69) is 15.9 Å². The standard InChI is InChI=1S/C15H14BrClO3/c16-12-4-2-5-13(9-12)19-7-8-20-15-11(10-18)3-1-6-14(15)17/h1-6,9,18H,7-8,10H2. The van der Waals surface area contributed by atoms with E-state index >= 15 is 0 Å². The number of rotatable bonds is 6. The molecule has 0 aromatic heterocycles. The molecule has 0 fully saturated rings. The van der Waals surface area contributed by atoms with Crippen molar-refractivity contribution in [3.8, 4) is 11.5 Å². The fourth-order valence-electron chi connectivity index (χ4n) is 1.70. The van der Waals surface area contributed by atoms with E-state index in [9.17, 15) is 5.11 Å². The van der Waals surface area contributed by atoms with Crippen LogP contribution in [0.15, 0.2) is 46.9 Å². The van der Waals surface area contributed by atoms with E-state index in [1.54, 1.807) is 18.2 Å². The van der Waals surface area contributed by atoms with Gasteiger partial charge in [0.2, 0.25) is 0 Å². The fraction of sp³-hybridized carbons (Fsp3) is 0.200. The number of aliphatic hydroxyl groups is 1. The van der Waals surface area contributed by atoms with Crippen molar-refractivity contribution in [1.29, 1.82) is 0 Å². The number of hydrogen-bond acceptors (Lipinski definition) is 3. The van der Waals surface area contributed by atoms with Gasteiger partial charge in [-0.1, -0.05) is 45.7 Å². The third kappa shape index (κ3) is 4.13. The summed E-state index contributed by atoms with van der Waals surface area (Å²) in [7, 11) is 0. The van der Waals surface area contributed by atoms with Crippen molar-refractivity contribution < 1.29 is 14.6 Å². The van der Waals surface area contributed by atoms with Crippen LogP contribution in [0.25, 0.3) is 0 Å². The second-order valence-electron chi connectivity index (χ2n) is 4.04. The molecule has 1 N–H and O–H groups in total. The van der Waals surface area contributed by atoms with Crippen molar-refractivity contribution in [3.63, 3.8) is 0 Å². The van der Waals surface area contributed by atoms with Crippen LogP contribution in [0.4, 0.5) is 0 Å². The molecule has 0 atom stereocenters. The molecule has 0 amide bonds. The maximum absolute atomic E-state index is 9.23. The Hall–Kier alpha value is -1.23. The van der Waals surface area contributed by atoms with Gasteiger partial charge in [0.25, 0.3) is 0 Å². The number of para-hydroxylation sites is 1. The van der Waals surface area contributed by atoms with Crippen molar-refractivity contribution in [2.75, 3.05) is 13.2 Å². The van der Waals surface area contributed by atoms with E-state index in [1.165, 1.54) is 0 Å². The molecule has 0 unspecified atom stereocenters. The van der Waals surface area contributed by atoms with Gasteiger partial charge in [-0.15, -0.1) is 0 Å². The molecule has 0 aliphatic rings. The molecule has 0 saturated carbocycles. The summed E-state index contributed by atoms with van der Waals surface area (Å²) < 4.78 is 12.1. The normalized spacial score (nSPS) is 10.3. The first-order valence-electron chi connectivity index (χ1n) is 6.10. The summed E-state index contributed by atoms with van der Waals surface area (Å²) in [6.07, 6.45) is 0. The molecule has 0 bridgehead atoms. The molecule has 0 saturated heterocycles. The Morgan fingerprint density at radius 3 is 2.55 bits per heavy atom. The second kappa shape index (κ2) is 7.53. The van der Waals surface area contributed by atoms with Crippen LogP contribution in [0.1, 0.15) is 5.56 Å². The van der Waals surface area contributed by atoms with Gasteiger partial charge >= 0.3 is 0 Å². The molecule has 3 nitrogen and oxygen atoms in total. The molecule has 5 heteroatoms. The number of halogens is 2. The van der Waals surface area contributed by atoms with Crippen LogP contribution in [0.2, 0.25) is 5.02 Å². The Bertz CT molecular complexity index is 575. The number of hydrogen-bond donors (Lipinski definition) is 1. The number of ether oxygens (including phenoxy) is 2. The smallest absolute Gasteiger partial charge is 0.143 e. The van der Waals surface area contributed by atoms with Crippen LogP contribution in [0, 0.1) is 0 Å². The van der Waals surface area contributed by atoms with Gasteiger partial charge in [0.1, 0.15) is 24.7 Å². The first-order chi connectivity index (χ1) is 9.70. The molecule has 0 aliphatic heterocycles. The van der Waals surface area contributed by atoms with Crippen LogP contribution >= 0.6 is 27.5 Å².